The van der Waals surface area contributed by atoms with Gasteiger partial charge in [0, 0.05) is 17.7 Å². The molecule has 0 unspecified atom stereocenters. The zero-order chi connectivity index (χ0) is 24.8. The quantitative estimate of drug-likeness (QED) is 0.284. The van der Waals surface area contributed by atoms with Crippen molar-refractivity contribution in [1.82, 2.24) is 15.8 Å². The standard InChI is InChI=1S/C28H24Cl2N4O/c1-19-7-6-10-27(34(19)33-20(2)32-24-8-4-3-5-9-24)22-12-14-23(15-13-22)28(35)31-18-21-11-16-25(29)26(30)17-21/h3-17H,1,18H2,2H3,(H,31,35)(H,32,33). The summed E-state index contributed by atoms with van der Waals surface area (Å²) in [5.41, 5.74) is 8.19. The Balaban J connectivity index is 1.45. The molecule has 0 aliphatic carbocycles. The second-order valence-corrected chi connectivity index (χ2v) is 8.71. The molecule has 3 aromatic rings. The van der Waals surface area contributed by atoms with Crippen molar-refractivity contribution in [3.8, 4) is 0 Å². The summed E-state index contributed by atoms with van der Waals surface area (Å²) in [6.07, 6.45) is 5.84. The molecule has 0 bridgehead atoms. The van der Waals surface area contributed by atoms with Gasteiger partial charge in [0.05, 0.1) is 27.1 Å². The van der Waals surface area contributed by atoms with Crippen molar-refractivity contribution in [2.45, 2.75) is 13.5 Å². The van der Waals surface area contributed by atoms with Crippen molar-refractivity contribution in [1.29, 1.82) is 0 Å². The molecule has 1 aliphatic rings. The Labute approximate surface area is 215 Å². The molecule has 0 saturated heterocycles. The van der Waals surface area contributed by atoms with Crippen LogP contribution in [-0.4, -0.2) is 16.8 Å². The number of aliphatic imine (C=N–C) groups is 1. The van der Waals surface area contributed by atoms with Gasteiger partial charge >= 0.3 is 0 Å². The molecule has 0 spiro atoms. The Morgan fingerprint density at radius 2 is 1.74 bits per heavy atom. The normalized spacial score (nSPS) is 13.5. The maximum absolute atomic E-state index is 12.6. The number of hydrogen-bond donors (Lipinski definition) is 2. The maximum Gasteiger partial charge on any atom is 0.251 e. The highest BCUT2D eigenvalue weighted by atomic mass is 35.5. The minimum absolute atomic E-state index is 0.176. The molecule has 0 radical (unpaired) electrons. The lowest BCUT2D eigenvalue weighted by Gasteiger charge is -2.31. The molecular weight excluding hydrogens is 479 g/mol. The average Bonchev–Trinajstić information content (AvgIpc) is 2.86. The van der Waals surface area contributed by atoms with E-state index in [1.165, 1.54) is 0 Å². The lowest BCUT2D eigenvalue weighted by Crippen LogP contribution is -2.39. The maximum atomic E-state index is 12.6. The molecule has 3 aromatic carbocycles. The number of nitrogens with zero attached hydrogens (tertiary/aromatic N) is 2. The van der Waals surface area contributed by atoms with Crippen molar-refractivity contribution in [2.24, 2.45) is 4.99 Å². The number of nitrogens with one attached hydrogen (secondary N) is 2. The van der Waals surface area contributed by atoms with E-state index in [2.05, 4.69) is 22.3 Å². The number of benzene rings is 3. The van der Waals surface area contributed by atoms with E-state index in [9.17, 15) is 4.79 Å². The first-order chi connectivity index (χ1) is 16.9. The largest absolute Gasteiger partial charge is 0.348 e. The van der Waals surface area contributed by atoms with Crippen LogP contribution in [0, 0.1) is 0 Å². The summed E-state index contributed by atoms with van der Waals surface area (Å²) >= 11 is 12.0. The van der Waals surface area contributed by atoms with Crippen LogP contribution < -0.4 is 10.7 Å². The number of halogens is 2. The summed E-state index contributed by atoms with van der Waals surface area (Å²) in [7, 11) is 0. The van der Waals surface area contributed by atoms with Gasteiger partial charge in [-0.25, -0.2) is 4.99 Å². The van der Waals surface area contributed by atoms with E-state index in [1.807, 2.05) is 78.7 Å². The van der Waals surface area contributed by atoms with E-state index in [1.54, 1.807) is 24.3 Å². The number of allylic oxidation sites excluding steroid dienone is 3. The van der Waals surface area contributed by atoms with E-state index in [0.29, 0.717) is 22.2 Å². The number of amides is 1. The van der Waals surface area contributed by atoms with Gasteiger partial charge in [-0.3, -0.25) is 15.2 Å². The molecule has 7 heteroatoms. The fraction of sp³-hybridized carbons (Fsp3) is 0.0714. The highest BCUT2D eigenvalue weighted by Crippen LogP contribution is 2.26. The van der Waals surface area contributed by atoms with E-state index in [-0.39, 0.29) is 5.91 Å². The van der Waals surface area contributed by atoms with Crippen LogP contribution in [0.2, 0.25) is 10.0 Å². The van der Waals surface area contributed by atoms with E-state index < -0.39 is 0 Å². The van der Waals surface area contributed by atoms with E-state index in [4.69, 9.17) is 23.2 Å². The number of amidine groups is 1. The van der Waals surface area contributed by atoms with Crippen molar-refractivity contribution >= 4 is 46.3 Å². The van der Waals surface area contributed by atoms with Gasteiger partial charge in [0.25, 0.3) is 5.91 Å². The highest BCUT2D eigenvalue weighted by molar-refractivity contribution is 6.42. The average molecular weight is 503 g/mol. The zero-order valence-corrected chi connectivity index (χ0v) is 20.6. The number of carbonyl (C=O) groups excluding carboxylic acids is 1. The predicted octanol–water partition coefficient (Wildman–Crippen LogP) is 6.90. The Bertz CT molecular complexity index is 1330. The fourth-order valence-corrected chi connectivity index (χ4v) is 3.84. The highest BCUT2D eigenvalue weighted by Gasteiger charge is 2.17. The van der Waals surface area contributed by atoms with Gasteiger partial charge in [-0.05, 0) is 61.0 Å². The number of para-hydroxylation sites is 1. The number of rotatable bonds is 6. The topological polar surface area (TPSA) is 56.7 Å². The first-order valence-electron chi connectivity index (χ1n) is 11.0. The molecular formula is C28H24Cl2N4O. The summed E-state index contributed by atoms with van der Waals surface area (Å²) < 4.78 is 0. The number of hydrogen-bond acceptors (Lipinski definition) is 3. The van der Waals surface area contributed by atoms with Gasteiger partial charge in [-0.2, -0.15) is 0 Å². The van der Waals surface area contributed by atoms with E-state index >= 15 is 0 Å². The fourth-order valence-electron chi connectivity index (χ4n) is 3.52. The van der Waals surface area contributed by atoms with Crippen molar-refractivity contribution < 1.29 is 4.79 Å². The van der Waals surface area contributed by atoms with Gasteiger partial charge in [-0.1, -0.05) is 72.3 Å². The third-order valence-electron chi connectivity index (χ3n) is 5.28. The Morgan fingerprint density at radius 3 is 2.46 bits per heavy atom. The Hall–Kier alpha value is -3.80. The molecule has 1 amide bonds. The third kappa shape index (κ3) is 6.21. The second kappa shape index (κ2) is 11.1. The van der Waals surface area contributed by atoms with Crippen molar-refractivity contribution in [2.75, 3.05) is 0 Å². The molecule has 0 atom stereocenters. The Kier molecular flexibility index (Phi) is 7.70. The number of carbonyl (C=O) groups is 1. The smallest absolute Gasteiger partial charge is 0.251 e. The van der Waals surface area contributed by atoms with Crippen molar-refractivity contribution in [3.05, 3.63) is 130 Å². The SMILES string of the molecule is C=C1C=CC=C(c2ccc(C(=O)NCc3ccc(Cl)c(Cl)c3)cc2)N1NC(C)=Nc1ccccc1. The van der Waals surface area contributed by atoms with Gasteiger partial charge in [0.15, 0.2) is 0 Å². The molecule has 0 saturated carbocycles. The summed E-state index contributed by atoms with van der Waals surface area (Å²) in [4.78, 5) is 17.3. The van der Waals surface area contributed by atoms with Crippen LogP contribution in [0.15, 0.2) is 108 Å². The van der Waals surface area contributed by atoms with Crippen LogP contribution in [0.1, 0.15) is 28.4 Å². The molecule has 0 fully saturated rings. The van der Waals surface area contributed by atoms with Gasteiger partial charge in [0.1, 0.15) is 5.84 Å². The molecule has 176 valence electrons. The van der Waals surface area contributed by atoms with Gasteiger partial charge in [-0.15, -0.1) is 0 Å². The molecule has 1 aliphatic heterocycles. The first-order valence-corrected chi connectivity index (χ1v) is 11.7. The predicted molar refractivity (Wildman–Crippen MR) is 145 cm³/mol. The summed E-state index contributed by atoms with van der Waals surface area (Å²) in [6, 6.07) is 22.4. The van der Waals surface area contributed by atoms with Crippen LogP contribution in [0.4, 0.5) is 5.69 Å². The molecule has 4 rings (SSSR count). The molecule has 1 heterocycles. The third-order valence-corrected chi connectivity index (χ3v) is 6.02. The molecule has 0 aromatic heterocycles. The minimum Gasteiger partial charge on any atom is -0.348 e. The minimum atomic E-state index is -0.176. The lowest BCUT2D eigenvalue weighted by atomic mass is 10.1. The van der Waals surface area contributed by atoms with Crippen LogP contribution in [0.3, 0.4) is 0 Å². The monoisotopic (exact) mass is 502 g/mol. The van der Waals surface area contributed by atoms with Crippen LogP contribution in [-0.2, 0) is 6.54 Å². The van der Waals surface area contributed by atoms with Crippen LogP contribution in [0.5, 0.6) is 0 Å². The van der Waals surface area contributed by atoms with Crippen molar-refractivity contribution in [3.63, 3.8) is 0 Å². The zero-order valence-electron chi connectivity index (χ0n) is 19.1. The Morgan fingerprint density at radius 1 is 1.00 bits per heavy atom. The molecule has 5 nitrogen and oxygen atoms in total. The lowest BCUT2D eigenvalue weighted by molar-refractivity contribution is 0.0951. The molecule has 35 heavy (non-hydrogen) atoms. The van der Waals surface area contributed by atoms with Crippen LogP contribution >= 0.6 is 23.2 Å². The second-order valence-electron chi connectivity index (χ2n) is 7.89. The van der Waals surface area contributed by atoms with Crippen LogP contribution in [0.25, 0.3) is 5.70 Å². The summed E-state index contributed by atoms with van der Waals surface area (Å²) in [5, 5.41) is 5.73. The van der Waals surface area contributed by atoms with Gasteiger partial charge < -0.3 is 5.32 Å². The number of hydrazine groups is 1. The summed E-state index contributed by atoms with van der Waals surface area (Å²) in [5.74, 6) is 0.544. The first kappa shape index (κ1) is 24.3. The molecule has 2 N–H and O–H groups in total. The summed E-state index contributed by atoms with van der Waals surface area (Å²) in [6.45, 7) is 6.39. The van der Waals surface area contributed by atoms with E-state index in [0.717, 1.165) is 34.0 Å². The van der Waals surface area contributed by atoms with Gasteiger partial charge in [0.2, 0.25) is 0 Å².